The Morgan fingerprint density at radius 3 is 3.00 bits per heavy atom. The highest BCUT2D eigenvalue weighted by atomic mass is 32.1. The van der Waals surface area contributed by atoms with Crippen molar-refractivity contribution in [2.24, 2.45) is 0 Å². The van der Waals surface area contributed by atoms with E-state index in [2.05, 4.69) is 17.2 Å². The van der Waals surface area contributed by atoms with Crippen LogP contribution in [-0.2, 0) is 11.2 Å². The van der Waals surface area contributed by atoms with Crippen LogP contribution in [0.5, 0.6) is 0 Å². The fourth-order valence-corrected chi connectivity index (χ4v) is 1.73. The molecule has 1 N–H and O–H groups in total. The molecule has 0 spiro atoms. The first-order valence-corrected chi connectivity index (χ1v) is 5.78. The number of hydrogen-bond donors (Lipinski definition) is 1. The van der Waals surface area contributed by atoms with Crippen LogP contribution in [0.1, 0.15) is 30.5 Å². The zero-order valence-corrected chi connectivity index (χ0v) is 9.49. The van der Waals surface area contributed by atoms with Crippen LogP contribution in [0.2, 0.25) is 0 Å². The van der Waals surface area contributed by atoms with Crippen molar-refractivity contribution in [3.05, 3.63) is 16.1 Å². The Bertz CT molecular complexity index is 296. The number of carbonyl (C=O) groups excluding carboxylic acids is 1. The Labute approximate surface area is 88.6 Å². The van der Waals surface area contributed by atoms with Gasteiger partial charge in [0.2, 0.25) is 5.91 Å². The lowest BCUT2D eigenvalue weighted by Gasteiger charge is -2.01. The fraction of sp³-hybridized carbons (Fsp3) is 0.600. The van der Waals surface area contributed by atoms with E-state index in [4.69, 9.17) is 0 Å². The highest BCUT2D eigenvalue weighted by Gasteiger charge is 2.04. The number of rotatable bonds is 5. The molecule has 3 nitrogen and oxygen atoms in total. The summed E-state index contributed by atoms with van der Waals surface area (Å²) in [6.45, 7) is 4.83. The van der Waals surface area contributed by atoms with Crippen LogP contribution in [0.4, 0.5) is 0 Å². The molecule has 0 bridgehead atoms. The van der Waals surface area contributed by atoms with E-state index in [0.717, 1.165) is 30.1 Å². The van der Waals surface area contributed by atoms with E-state index in [9.17, 15) is 4.79 Å². The smallest absolute Gasteiger partial charge is 0.226 e. The minimum Gasteiger partial charge on any atom is -0.356 e. The molecule has 0 aliphatic heterocycles. The molecule has 0 radical (unpaired) electrons. The van der Waals surface area contributed by atoms with Crippen molar-refractivity contribution in [3.8, 4) is 0 Å². The molecule has 0 fully saturated rings. The molecule has 0 aromatic carbocycles. The summed E-state index contributed by atoms with van der Waals surface area (Å²) in [5.41, 5.74) is 0.876. The molecule has 4 heteroatoms. The first kappa shape index (κ1) is 11.2. The van der Waals surface area contributed by atoms with Crippen molar-refractivity contribution in [2.45, 2.75) is 33.1 Å². The molecule has 1 rings (SSSR count). The number of carbonyl (C=O) groups is 1. The van der Waals surface area contributed by atoms with Gasteiger partial charge >= 0.3 is 0 Å². The minimum atomic E-state index is 0.0729. The zero-order chi connectivity index (χ0) is 10.4. The number of nitrogens with one attached hydrogen (secondary N) is 1. The van der Waals surface area contributed by atoms with Gasteiger partial charge in [0.05, 0.1) is 17.1 Å². The van der Waals surface area contributed by atoms with Gasteiger partial charge in [0.1, 0.15) is 0 Å². The molecular weight excluding hydrogens is 196 g/mol. The van der Waals surface area contributed by atoms with Crippen LogP contribution >= 0.6 is 11.3 Å². The Morgan fingerprint density at radius 2 is 2.43 bits per heavy atom. The van der Waals surface area contributed by atoms with Crippen LogP contribution in [0.3, 0.4) is 0 Å². The average Bonchev–Trinajstić information content (AvgIpc) is 2.52. The molecule has 1 amide bonds. The van der Waals surface area contributed by atoms with Gasteiger partial charge < -0.3 is 5.32 Å². The van der Waals surface area contributed by atoms with Crippen molar-refractivity contribution in [2.75, 3.05) is 6.54 Å². The zero-order valence-electron chi connectivity index (χ0n) is 8.67. The van der Waals surface area contributed by atoms with Gasteiger partial charge in [-0.25, -0.2) is 4.98 Å². The van der Waals surface area contributed by atoms with Crippen LogP contribution in [0, 0.1) is 6.92 Å². The number of unbranched alkanes of at least 4 members (excludes halogenated alkanes) is 1. The standard InChI is InChI=1S/C10H16N2OS/c1-3-4-5-11-10(13)6-9-7-14-8(2)12-9/h7H,3-6H2,1-2H3,(H,11,13). The van der Waals surface area contributed by atoms with Crippen molar-refractivity contribution < 1.29 is 4.79 Å². The van der Waals surface area contributed by atoms with Crippen molar-refractivity contribution in [3.63, 3.8) is 0 Å². The number of aromatic nitrogens is 1. The molecule has 0 saturated carbocycles. The Balaban J connectivity index is 2.27. The van der Waals surface area contributed by atoms with E-state index >= 15 is 0 Å². The highest BCUT2D eigenvalue weighted by Crippen LogP contribution is 2.08. The quantitative estimate of drug-likeness (QED) is 0.758. The molecular formula is C10H16N2OS. The topological polar surface area (TPSA) is 42.0 Å². The number of hydrogen-bond acceptors (Lipinski definition) is 3. The number of thiazole rings is 1. The van der Waals surface area contributed by atoms with Crippen molar-refractivity contribution in [1.82, 2.24) is 10.3 Å². The Kier molecular flexibility index (Phi) is 4.59. The predicted molar refractivity (Wildman–Crippen MR) is 58.5 cm³/mol. The van der Waals surface area contributed by atoms with E-state index in [1.807, 2.05) is 12.3 Å². The molecule has 1 aromatic heterocycles. The molecule has 0 aliphatic rings. The second-order valence-corrected chi connectivity index (χ2v) is 4.30. The van der Waals surface area contributed by atoms with Crippen LogP contribution < -0.4 is 5.32 Å². The molecule has 14 heavy (non-hydrogen) atoms. The largest absolute Gasteiger partial charge is 0.356 e. The van der Waals surface area contributed by atoms with Crippen LogP contribution in [0.25, 0.3) is 0 Å². The Morgan fingerprint density at radius 1 is 1.64 bits per heavy atom. The average molecular weight is 212 g/mol. The first-order chi connectivity index (χ1) is 6.72. The van der Waals surface area contributed by atoms with Crippen LogP contribution in [0.15, 0.2) is 5.38 Å². The third kappa shape index (κ3) is 3.87. The molecule has 0 saturated heterocycles. The molecule has 1 heterocycles. The van der Waals surface area contributed by atoms with Gasteiger partial charge in [0.15, 0.2) is 0 Å². The van der Waals surface area contributed by atoms with Gasteiger partial charge in [-0.3, -0.25) is 4.79 Å². The third-order valence-corrected chi connectivity index (χ3v) is 2.68. The second-order valence-electron chi connectivity index (χ2n) is 3.24. The molecule has 0 atom stereocenters. The summed E-state index contributed by atoms with van der Waals surface area (Å²) >= 11 is 1.58. The van der Waals surface area contributed by atoms with E-state index in [1.54, 1.807) is 11.3 Å². The van der Waals surface area contributed by atoms with E-state index in [-0.39, 0.29) is 5.91 Å². The summed E-state index contributed by atoms with van der Waals surface area (Å²) in [7, 11) is 0. The maximum Gasteiger partial charge on any atom is 0.226 e. The monoisotopic (exact) mass is 212 g/mol. The van der Waals surface area contributed by atoms with Gasteiger partial charge in [-0.05, 0) is 13.3 Å². The van der Waals surface area contributed by atoms with Crippen molar-refractivity contribution in [1.29, 1.82) is 0 Å². The maximum absolute atomic E-state index is 11.4. The van der Waals surface area contributed by atoms with Crippen LogP contribution in [-0.4, -0.2) is 17.4 Å². The number of amides is 1. The van der Waals surface area contributed by atoms with E-state index in [0.29, 0.717) is 6.42 Å². The normalized spacial score (nSPS) is 10.1. The van der Waals surface area contributed by atoms with Gasteiger partial charge in [0.25, 0.3) is 0 Å². The SMILES string of the molecule is CCCCNC(=O)Cc1csc(C)n1. The first-order valence-electron chi connectivity index (χ1n) is 4.90. The van der Waals surface area contributed by atoms with Crippen molar-refractivity contribution >= 4 is 17.2 Å². The summed E-state index contributed by atoms with van der Waals surface area (Å²) in [5.74, 6) is 0.0729. The lowest BCUT2D eigenvalue weighted by atomic mass is 10.3. The van der Waals surface area contributed by atoms with Gasteiger partial charge in [-0.1, -0.05) is 13.3 Å². The summed E-state index contributed by atoms with van der Waals surface area (Å²) in [6, 6.07) is 0. The minimum absolute atomic E-state index is 0.0729. The molecule has 0 aliphatic carbocycles. The van der Waals surface area contributed by atoms with Gasteiger partial charge in [0, 0.05) is 11.9 Å². The summed E-state index contributed by atoms with van der Waals surface area (Å²) < 4.78 is 0. The molecule has 1 aromatic rings. The summed E-state index contributed by atoms with van der Waals surface area (Å²) in [5, 5.41) is 5.82. The second kappa shape index (κ2) is 5.75. The van der Waals surface area contributed by atoms with E-state index in [1.165, 1.54) is 0 Å². The Hall–Kier alpha value is -0.900. The summed E-state index contributed by atoms with van der Waals surface area (Å²) in [6.07, 6.45) is 2.56. The molecule has 78 valence electrons. The predicted octanol–water partition coefficient (Wildman–Crippen LogP) is 1.91. The lowest BCUT2D eigenvalue weighted by molar-refractivity contribution is -0.120. The molecule has 0 unspecified atom stereocenters. The highest BCUT2D eigenvalue weighted by molar-refractivity contribution is 7.09. The number of nitrogens with zero attached hydrogens (tertiary/aromatic N) is 1. The fourth-order valence-electron chi connectivity index (χ4n) is 1.12. The lowest BCUT2D eigenvalue weighted by Crippen LogP contribution is -2.26. The number of aryl methyl sites for hydroxylation is 1. The van der Waals surface area contributed by atoms with Gasteiger partial charge in [-0.2, -0.15) is 0 Å². The third-order valence-electron chi connectivity index (χ3n) is 1.86. The summed E-state index contributed by atoms with van der Waals surface area (Å²) in [4.78, 5) is 15.6. The van der Waals surface area contributed by atoms with Gasteiger partial charge in [-0.15, -0.1) is 11.3 Å². The van der Waals surface area contributed by atoms with E-state index < -0.39 is 0 Å². The maximum atomic E-state index is 11.4.